The number of hydrogen-bond donors (Lipinski definition) is 1. The fourth-order valence-electron chi connectivity index (χ4n) is 2.91. The first-order chi connectivity index (χ1) is 12.0. The van der Waals surface area contributed by atoms with Crippen molar-refractivity contribution in [2.75, 3.05) is 5.75 Å². The Hall–Kier alpha value is -2.47. The van der Waals surface area contributed by atoms with Crippen molar-refractivity contribution in [2.45, 2.75) is 25.9 Å². The molecule has 0 aliphatic rings. The van der Waals surface area contributed by atoms with Crippen LogP contribution in [0.1, 0.15) is 27.0 Å². The van der Waals surface area contributed by atoms with Gasteiger partial charge in [0, 0.05) is 5.56 Å². The van der Waals surface area contributed by atoms with Gasteiger partial charge >= 0.3 is 0 Å². The third kappa shape index (κ3) is 3.79. The first kappa shape index (κ1) is 17.4. The van der Waals surface area contributed by atoms with Gasteiger partial charge in [-0.05, 0) is 44.0 Å². The number of aromatic amines is 1. The Labute approximate surface area is 149 Å². The maximum absolute atomic E-state index is 13.8. The summed E-state index contributed by atoms with van der Waals surface area (Å²) in [5, 5.41) is 7.21. The number of nitrogens with zero attached hydrogens (tertiary/aromatic N) is 2. The minimum atomic E-state index is -0.364. The molecule has 0 amide bonds. The molecule has 6 heteroatoms. The highest BCUT2D eigenvalue weighted by Crippen LogP contribution is 2.23. The van der Waals surface area contributed by atoms with Gasteiger partial charge in [0.25, 0.3) is 0 Å². The van der Waals surface area contributed by atoms with Crippen LogP contribution in [0, 0.1) is 26.6 Å². The van der Waals surface area contributed by atoms with Crippen LogP contribution in [-0.4, -0.2) is 26.7 Å². The first-order valence-corrected chi connectivity index (χ1v) is 8.85. The van der Waals surface area contributed by atoms with Gasteiger partial charge < -0.3 is 0 Å². The smallest absolute Gasteiger partial charge is 0.209 e. The summed E-state index contributed by atoms with van der Waals surface area (Å²) in [4.78, 5) is 16.8. The third-order valence-corrected chi connectivity index (χ3v) is 4.73. The largest absolute Gasteiger partial charge is 0.293 e. The fourth-order valence-corrected chi connectivity index (χ4v) is 3.58. The molecule has 0 aliphatic heterocycles. The van der Waals surface area contributed by atoms with Crippen molar-refractivity contribution < 1.29 is 9.18 Å². The van der Waals surface area contributed by atoms with Crippen LogP contribution >= 0.6 is 11.8 Å². The van der Waals surface area contributed by atoms with Gasteiger partial charge in [0.05, 0.1) is 11.3 Å². The van der Waals surface area contributed by atoms with E-state index in [1.165, 1.54) is 17.8 Å². The number of aromatic nitrogens is 3. The fraction of sp³-hybridized carbons (Fsp3) is 0.211. The average Bonchev–Trinajstić information content (AvgIpc) is 3.01. The highest BCUT2D eigenvalue weighted by molar-refractivity contribution is 7.99. The van der Waals surface area contributed by atoms with Gasteiger partial charge in [-0.25, -0.2) is 9.37 Å². The van der Waals surface area contributed by atoms with Crippen molar-refractivity contribution in [2.24, 2.45) is 0 Å². The highest BCUT2D eigenvalue weighted by atomic mass is 32.2. The van der Waals surface area contributed by atoms with Crippen LogP contribution in [0.5, 0.6) is 0 Å². The van der Waals surface area contributed by atoms with Crippen LogP contribution in [0.25, 0.3) is 11.4 Å². The van der Waals surface area contributed by atoms with Crippen LogP contribution in [-0.2, 0) is 0 Å². The summed E-state index contributed by atoms with van der Waals surface area (Å²) in [5.74, 6) is 0.268. The summed E-state index contributed by atoms with van der Waals surface area (Å²) in [6.07, 6.45) is 0. The molecule has 1 aromatic heterocycles. The van der Waals surface area contributed by atoms with E-state index in [1.807, 2.05) is 32.9 Å². The molecule has 1 N–H and O–H groups in total. The minimum absolute atomic E-state index is 0.0391. The lowest BCUT2D eigenvalue weighted by molar-refractivity contribution is 0.102. The molecule has 3 aromatic rings. The molecule has 4 nitrogen and oxygen atoms in total. The summed E-state index contributed by atoms with van der Waals surface area (Å²) in [6, 6.07) is 10.4. The highest BCUT2D eigenvalue weighted by Gasteiger charge is 2.15. The molecule has 0 saturated heterocycles. The molecule has 0 atom stereocenters. The van der Waals surface area contributed by atoms with Gasteiger partial charge in [-0.15, -0.1) is 5.10 Å². The summed E-state index contributed by atoms with van der Waals surface area (Å²) in [5.41, 5.74) is 4.21. The van der Waals surface area contributed by atoms with Gasteiger partial charge in [-0.1, -0.05) is 41.6 Å². The number of H-pyrrole nitrogens is 1. The Morgan fingerprint density at radius 1 is 1.16 bits per heavy atom. The van der Waals surface area contributed by atoms with Crippen molar-refractivity contribution in [3.63, 3.8) is 0 Å². The number of aryl methyl sites for hydroxylation is 3. The second kappa shape index (κ2) is 7.19. The van der Waals surface area contributed by atoms with Crippen LogP contribution < -0.4 is 0 Å². The number of hydrogen-bond acceptors (Lipinski definition) is 4. The predicted molar refractivity (Wildman–Crippen MR) is 97.5 cm³/mol. The lowest BCUT2D eigenvalue weighted by Crippen LogP contribution is -2.08. The Kier molecular flexibility index (Phi) is 4.99. The first-order valence-electron chi connectivity index (χ1n) is 7.87. The van der Waals surface area contributed by atoms with Gasteiger partial charge in [0.2, 0.25) is 5.16 Å². The topological polar surface area (TPSA) is 58.6 Å². The number of halogens is 1. The van der Waals surface area contributed by atoms with E-state index >= 15 is 0 Å². The Morgan fingerprint density at radius 3 is 2.52 bits per heavy atom. The van der Waals surface area contributed by atoms with E-state index in [2.05, 4.69) is 15.2 Å². The second-order valence-electron chi connectivity index (χ2n) is 5.93. The number of carbonyl (C=O) groups excluding carboxylic acids is 1. The molecule has 0 unspecified atom stereocenters. The van der Waals surface area contributed by atoms with Crippen LogP contribution in [0.2, 0.25) is 0 Å². The Balaban J connectivity index is 1.73. The van der Waals surface area contributed by atoms with Crippen molar-refractivity contribution in [3.8, 4) is 11.4 Å². The van der Waals surface area contributed by atoms with E-state index in [9.17, 15) is 9.18 Å². The van der Waals surface area contributed by atoms with E-state index in [0.29, 0.717) is 16.5 Å². The molecule has 3 rings (SSSR count). The number of rotatable bonds is 5. The van der Waals surface area contributed by atoms with Gasteiger partial charge in [0.1, 0.15) is 5.82 Å². The number of benzene rings is 2. The molecule has 0 bridgehead atoms. The Bertz CT molecular complexity index is 913. The van der Waals surface area contributed by atoms with Gasteiger partial charge in [-0.3, -0.25) is 9.89 Å². The normalized spacial score (nSPS) is 10.9. The van der Waals surface area contributed by atoms with Crippen LogP contribution in [0.3, 0.4) is 0 Å². The number of Topliss-reactive ketones (excluding diaryl/α,β-unsaturated/α-hetero) is 1. The lowest BCUT2D eigenvalue weighted by atomic mass is 9.97. The zero-order valence-corrected chi connectivity index (χ0v) is 15.1. The molecule has 0 spiro atoms. The standard InChI is InChI=1S/C19H18FN3OS/c1-11-8-12(2)17(13(3)9-11)16(24)10-25-19-21-18(22-23-19)14-6-4-5-7-15(14)20/h4-9H,10H2,1-3H3,(H,21,22,23). The molecule has 25 heavy (non-hydrogen) atoms. The van der Waals surface area contributed by atoms with Crippen LogP contribution in [0.15, 0.2) is 41.6 Å². The number of nitrogens with one attached hydrogen (secondary N) is 1. The van der Waals surface area contributed by atoms with E-state index in [4.69, 9.17) is 0 Å². The van der Waals surface area contributed by atoms with Crippen molar-refractivity contribution >= 4 is 17.5 Å². The Morgan fingerprint density at radius 2 is 1.84 bits per heavy atom. The van der Waals surface area contributed by atoms with Crippen molar-refractivity contribution in [1.29, 1.82) is 0 Å². The minimum Gasteiger partial charge on any atom is -0.293 e. The molecule has 128 valence electrons. The molecule has 0 aliphatic carbocycles. The lowest BCUT2D eigenvalue weighted by Gasteiger charge is -2.09. The van der Waals surface area contributed by atoms with E-state index in [0.717, 1.165) is 22.3 Å². The summed E-state index contributed by atoms with van der Waals surface area (Å²) in [6.45, 7) is 5.91. The molecule has 1 heterocycles. The average molecular weight is 355 g/mol. The summed E-state index contributed by atoms with van der Waals surface area (Å²) >= 11 is 1.24. The molecular weight excluding hydrogens is 337 g/mol. The molecular formula is C19H18FN3OS. The zero-order valence-electron chi connectivity index (χ0n) is 14.3. The zero-order chi connectivity index (χ0) is 18.0. The van der Waals surface area contributed by atoms with Crippen molar-refractivity contribution in [3.05, 3.63) is 64.5 Å². The van der Waals surface area contributed by atoms with E-state index < -0.39 is 0 Å². The van der Waals surface area contributed by atoms with Crippen LogP contribution in [0.4, 0.5) is 4.39 Å². The van der Waals surface area contributed by atoms with Gasteiger partial charge in [-0.2, -0.15) is 0 Å². The number of ketones is 1. The van der Waals surface area contributed by atoms with Crippen molar-refractivity contribution in [1.82, 2.24) is 15.2 Å². The second-order valence-corrected chi connectivity index (χ2v) is 6.87. The SMILES string of the molecule is Cc1cc(C)c(C(=O)CSc2n[nH]c(-c3ccccc3F)n2)c(C)c1. The number of thioether (sulfide) groups is 1. The maximum atomic E-state index is 13.8. The maximum Gasteiger partial charge on any atom is 0.209 e. The van der Waals surface area contributed by atoms with E-state index in [1.54, 1.807) is 18.2 Å². The predicted octanol–water partition coefficient (Wildman–Crippen LogP) is 4.51. The van der Waals surface area contributed by atoms with E-state index in [-0.39, 0.29) is 17.4 Å². The molecule has 0 radical (unpaired) electrons. The molecule has 0 saturated carbocycles. The van der Waals surface area contributed by atoms with Gasteiger partial charge in [0.15, 0.2) is 11.6 Å². The quantitative estimate of drug-likeness (QED) is 0.540. The monoisotopic (exact) mass is 355 g/mol. The molecule has 0 fully saturated rings. The summed E-state index contributed by atoms with van der Waals surface area (Å²) in [7, 11) is 0. The third-order valence-electron chi connectivity index (χ3n) is 3.88. The molecule has 2 aromatic carbocycles. The number of carbonyl (C=O) groups is 1. The summed E-state index contributed by atoms with van der Waals surface area (Å²) < 4.78 is 13.8.